The zero-order chi connectivity index (χ0) is 17.4. The van der Waals surface area contributed by atoms with Crippen molar-refractivity contribution in [2.45, 2.75) is 6.92 Å². The molecule has 0 atom stereocenters. The minimum atomic E-state index is -0.620. The highest BCUT2D eigenvalue weighted by Gasteiger charge is 2.11. The average molecular weight is 329 g/mol. The molecule has 6 nitrogen and oxygen atoms in total. The number of carbonyl (C=O) groups excluding carboxylic acids is 2. The largest absolute Gasteiger partial charge is 0.490 e. The molecule has 2 aromatic rings. The fourth-order valence-electron chi connectivity index (χ4n) is 1.99. The van der Waals surface area contributed by atoms with Crippen LogP contribution in [0.4, 0.5) is 0 Å². The van der Waals surface area contributed by atoms with Gasteiger partial charge in [-0.3, -0.25) is 4.79 Å². The van der Waals surface area contributed by atoms with Crippen molar-refractivity contribution in [1.82, 2.24) is 0 Å². The number of aryl methyl sites for hydroxylation is 1. The van der Waals surface area contributed by atoms with Crippen LogP contribution in [0.1, 0.15) is 15.9 Å². The van der Waals surface area contributed by atoms with Gasteiger partial charge in [-0.2, -0.15) is 0 Å². The zero-order valence-corrected chi connectivity index (χ0v) is 13.4. The van der Waals surface area contributed by atoms with Crippen LogP contribution < -0.4 is 15.2 Å². The summed E-state index contributed by atoms with van der Waals surface area (Å²) in [6.45, 7) is 2.00. The van der Waals surface area contributed by atoms with Gasteiger partial charge in [0.05, 0.1) is 5.56 Å². The van der Waals surface area contributed by atoms with Crippen LogP contribution in [0.3, 0.4) is 0 Å². The van der Waals surface area contributed by atoms with Crippen LogP contribution in [0.15, 0.2) is 48.5 Å². The Hall–Kier alpha value is -3.02. The Morgan fingerprint density at radius 2 is 1.79 bits per heavy atom. The molecule has 0 aliphatic carbocycles. The van der Waals surface area contributed by atoms with Gasteiger partial charge < -0.3 is 19.9 Å². The third-order valence-corrected chi connectivity index (χ3v) is 3.10. The minimum absolute atomic E-state index is 0.105. The van der Waals surface area contributed by atoms with Crippen LogP contribution in [-0.2, 0) is 9.53 Å². The van der Waals surface area contributed by atoms with E-state index in [-0.39, 0.29) is 31.1 Å². The maximum Gasteiger partial charge on any atom is 0.344 e. The highest BCUT2D eigenvalue weighted by molar-refractivity contribution is 5.95. The first kappa shape index (κ1) is 17.3. The van der Waals surface area contributed by atoms with Gasteiger partial charge in [0, 0.05) is 0 Å². The lowest BCUT2D eigenvalue weighted by Gasteiger charge is -2.10. The van der Waals surface area contributed by atoms with Crippen LogP contribution in [0.25, 0.3) is 0 Å². The van der Waals surface area contributed by atoms with Gasteiger partial charge in [-0.15, -0.1) is 0 Å². The van der Waals surface area contributed by atoms with E-state index in [1.54, 1.807) is 18.2 Å². The molecular weight excluding hydrogens is 310 g/mol. The maximum atomic E-state index is 11.6. The summed E-state index contributed by atoms with van der Waals surface area (Å²) in [6, 6.07) is 14.0. The second-order valence-electron chi connectivity index (χ2n) is 5.03. The van der Waals surface area contributed by atoms with E-state index in [1.165, 1.54) is 6.07 Å². The van der Waals surface area contributed by atoms with Gasteiger partial charge in [0.1, 0.15) is 24.7 Å². The number of para-hydroxylation sites is 1. The summed E-state index contributed by atoms with van der Waals surface area (Å²) in [4.78, 5) is 22.9. The molecule has 0 spiro atoms. The van der Waals surface area contributed by atoms with E-state index in [0.717, 1.165) is 11.3 Å². The standard InChI is InChI=1S/C18H19NO5/c1-13-5-4-6-14(11-13)22-9-10-23-17(20)12-24-16-8-3-2-7-15(16)18(19)21/h2-8,11H,9-10,12H2,1H3,(H2,19,21). The Balaban J connectivity index is 1.71. The number of nitrogens with two attached hydrogens (primary N) is 1. The Bertz CT molecular complexity index is 714. The number of primary amides is 1. The van der Waals surface area contributed by atoms with Crippen molar-refractivity contribution in [1.29, 1.82) is 0 Å². The van der Waals surface area contributed by atoms with Crippen molar-refractivity contribution in [3.63, 3.8) is 0 Å². The number of hydrogen-bond donors (Lipinski definition) is 1. The van der Waals surface area contributed by atoms with E-state index in [4.69, 9.17) is 19.9 Å². The molecule has 0 bridgehead atoms. The van der Waals surface area contributed by atoms with Gasteiger partial charge in [-0.25, -0.2) is 4.79 Å². The molecule has 0 aromatic heterocycles. The Kier molecular flexibility index (Phi) is 6.19. The molecule has 24 heavy (non-hydrogen) atoms. The molecule has 1 amide bonds. The molecule has 2 N–H and O–H groups in total. The van der Waals surface area contributed by atoms with Crippen LogP contribution in [0.2, 0.25) is 0 Å². The molecule has 6 heteroatoms. The number of amides is 1. The molecule has 2 aromatic carbocycles. The molecule has 0 aliphatic rings. The Morgan fingerprint density at radius 1 is 1.00 bits per heavy atom. The van der Waals surface area contributed by atoms with Crippen molar-refractivity contribution >= 4 is 11.9 Å². The summed E-state index contributed by atoms with van der Waals surface area (Å²) >= 11 is 0. The van der Waals surface area contributed by atoms with Crippen LogP contribution in [-0.4, -0.2) is 31.7 Å². The molecule has 0 radical (unpaired) electrons. The van der Waals surface area contributed by atoms with Crippen LogP contribution in [0.5, 0.6) is 11.5 Å². The van der Waals surface area contributed by atoms with Gasteiger partial charge in [0.25, 0.3) is 5.91 Å². The molecule has 126 valence electrons. The number of carbonyl (C=O) groups is 2. The van der Waals surface area contributed by atoms with E-state index in [0.29, 0.717) is 0 Å². The molecule has 0 heterocycles. The maximum absolute atomic E-state index is 11.6. The van der Waals surface area contributed by atoms with Crippen molar-refractivity contribution in [2.24, 2.45) is 5.73 Å². The lowest BCUT2D eigenvalue weighted by molar-refractivity contribution is -0.146. The van der Waals surface area contributed by atoms with Gasteiger partial charge in [-0.05, 0) is 36.8 Å². The second-order valence-corrected chi connectivity index (χ2v) is 5.03. The molecule has 0 fully saturated rings. The van der Waals surface area contributed by atoms with Gasteiger partial charge in [0.15, 0.2) is 6.61 Å². The van der Waals surface area contributed by atoms with E-state index in [2.05, 4.69) is 0 Å². The highest BCUT2D eigenvalue weighted by atomic mass is 16.6. The molecule has 2 rings (SSSR count). The number of esters is 1. The summed E-state index contributed by atoms with van der Waals surface area (Å²) in [7, 11) is 0. The minimum Gasteiger partial charge on any atom is -0.490 e. The van der Waals surface area contributed by atoms with Crippen LogP contribution >= 0.6 is 0 Å². The van der Waals surface area contributed by atoms with Gasteiger partial charge >= 0.3 is 5.97 Å². The number of benzene rings is 2. The summed E-state index contributed by atoms with van der Waals surface area (Å²) < 4.78 is 15.8. The Morgan fingerprint density at radius 3 is 2.54 bits per heavy atom. The number of rotatable bonds is 8. The monoisotopic (exact) mass is 329 g/mol. The second kappa shape index (κ2) is 8.57. The molecule has 0 saturated carbocycles. The fourth-order valence-corrected chi connectivity index (χ4v) is 1.99. The lowest BCUT2D eigenvalue weighted by Crippen LogP contribution is -2.20. The summed E-state index contributed by atoms with van der Waals surface area (Å²) in [5, 5.41) is 0. The predicted octanol–water partition coefficient (Wildman–Crippen LogP) is 2.09. The van der Waals surface area contributed by atoms with Crippen molar-refractivity contribution in [2.75, 3.05) is 19.8 Å². The van der Waals surface area contributed by atoms with Crippen molar-refractivity contribution in [3.8, 4) is 11.5 Å². The fraction of sp³-hybridized carbons (Fsp3) is 0.222. The number of ether oxygens (including phenoxy) is 3. The summed E-state index contributed by atoms with van der Waals surface area (Å²) in [5.41, 5.74) is 6.54. The first-order chi connectivity index (χ1) is 11.6. The molecule has 0 unspecified atom stereocenters. The first-order valence-electron chi connectivity index (χ1n) is 7.43. The zero-order valence-electron chi connectivity index (χ0n) is 13.4. The Labute approximate surface area is 140 Å². The van der Waals surface area contributed by atoms with Crippen LogP contribution in [0, 0.1) is 6.92 Å². The van der Waals surface area contributed by atoms with Gasteiger partial charge in [0.2, 0.25) is 0 Å². The van der Waals surface area contributed by atoms with E-state index < -0.39 is 11.9 Å². The summed E-state index contributed by atoms with van der Waals surface area (Å²) in [6.07, 6.45) is 0. The lowest BCUT2D eigenvalue weighted by atomic mass is 10.2. The van der Waals surface area contributed by atoms with E-state index >= 15 is 0 Å². The quantitative estimate of drug-likeness (QED) is 0.592. The molecular formula is C18H19NO5. The summed E-state index contributed by atoms with van der Waals surface area (Å²) in [5.74, 6) is -0.205. The van der Waals surface area contributed by atoms with Gasteiger partial charge in [-0.1, -0.05) is 24.3 Å². The normalized spacial score (nSPS) is 10.0. The highest BCUT2D eigenvalue weighted by Crippen LogP contribution is 2.17. The van der Waals surface area contributed by atoms with E-state index in [1.807, 2.05) is 31.2 Å². The predicted molar refractivity (Wildman–Crippen MR) is 88.1 cm³/mol. The first-order valence-corrected chi connectivity index (χ1v) is 7.43. The van der Waals surface area contributed by atoms with Crippen molar-refractivity contribution < 1.29 is 23.8 Å². The third-order valence-electron chi connectivity index (χ3n) is 3.10. The smallest absolute Gasteiger partial charge is 0.344 e. The third kappa shape index (κ3) is 5.31. The van der Waals surface area contributed by atoms with Crippen molar-refractivity contribution in [3.05, 3.63) is 59.7 Å². The number of hydrogen-bond acceptors (Lipinski definition) is 5. The topological polar surface area (TPSA) is 87.8 Å². The SMILES string of the molecule is Cc1cccc(OCCOC(=O)COc2ccccc2C(N)=O)c1. The molecule has 0 saturated heterocycles. The van der Waals surface area contributed by atoms with E-state index in [9.17, 15) is 9.59 Å². The average Bonchev–Trinajstić information content (AvgIpc) is 2.57. The molecule has 0 aliphatic heterocycles.